The molecule has 1 aromatic heterocycles. The minimum Gasteiger partial charge on any atom is -0.383 e. The van der Waals surface area contributed by atoms with Crippen molar-refractivity contribution in [2.75, 3.05) is 5.73 Å². The Balaban J connectivity index is 1.78. The zero-order valence-corrected chi connectivity index (χ0v) is 13.4. The molecule has 1 saturated carbocycles. The molecule has 3 rings (SSSR count). The molecule has 5 nitrogen and oxygen atoms in total. The number of nitrogens with two attached hydrogens (primary N) is 1. The smallest absolute Gasteiger partial charge is 0.244 e. The van der Waals surface area contributed by atoms with Crippen LogP contribution in [0.3, 0.4) is 0 Å². The molecule has 0 aliphatic heterocycles. The van der Waals surface area contributed by atoms with E-state index in [1.807, 2.05) is 30.3 Å². The Labute approximate surface area is 131 Å². The van der Waals surface area contributed by atoms with Gasteiger partial charge in [0.2, 0.25) is 10.0 Å². The van der Waals surface area contributed by atoms with Crippen molar-refractivity contribution in [1.82, 2.24) is 9.71 Å². The van der Waals surface area contributed by atoms with Gasteiger partial charge >= 0.3 is 0 Å². The number of halogens is 1. The molecule has 2 atom stereocenters. The normalized spacial score (nSPS) is 21.2. The van der Waals surface area contributed by atoms with Crippen LogP contribution >= 0.6 is 15.9 Å². The number of anilines is 1. The van der Waals surface area contributed by atoms with Crippen LogP contribution in [-0.4, -0.2) is 19.4 Å². The second-order valence-corrected chi connectivity index (χ2v) is 7.62. The topological polar surface area (TPSA) is 85.1 Å². The summed E-state index contributed by atoms with van der Waals surface area (Å²) in [6, 6.07) is 11.2. The Morgan fingerprint density at radius 2 is 2.00 bits per heavy atom. The predicted molar refractivity (Wildman–Crippen MR) is 84.3 cm³/mol. The van der Waals surface area contributed by atoms with Crippen molar-refractivity contribution in [2.24, 2.45) is 0 Å². The van der Waals surface area contributed by atoms with Crippen LogP contribution in [0.15, 0.2) is 52.0 Å². The molecule has 0 amide bonds. The van der Waals surface area contributed by atoms with E-state index in [-0.39, 0.29) is 22.7 Å². The first-order valence-corrected chi connectivity index (χ1v) is 8.73. The van der Waals surface area contributed by atoms with Crippen molar-refractivity contribution in [3.05, 3.63) is 52.6 Å². The lowest BCUT2D eigenvalue weighted by molar-refractivity contribution is 0.580. The number of hydrogen-bond donors (Lipinski definition) is 2. The van der Waals surface area contributed by atoms with Crippen molar-refractivity contribution in [3.63, 3.8) is 0 Å². The standard InChI is InChI=1S/C14H14BrN3O2S/c15-10-6-13(14(16)17-8-10)21(19,20)18-12-7-11(12)9-4-2-1-3-5-9/h1-6,8,11-12,18H,7H2,(H2,16,17). The van der Waals surface area contributed by atoms with Crippen molar-refractivity contribution in [2.45, 2.75) is 23.3 Å². The average Bonchev–Trinajstić information content (AvgIpc) is 3.21. The van der Waals surface area contributed by atoms with Gasteiger partial charge in [-0.05, 0) is 34.0 Å². The van der Waals surface area contributed by atoms with Gasteiger partial charge < -0.3 is 5.73 Å². The maximum Gasteiger partial charge on any atom is 0.244 e. The first-order valence-electron chi connectivity index (χ1n) is 6.45. The van der Waals surface area contributed by atoms with Crippen LogP contribution in [-0.2, 0) is 10.0 Å². The number of nitrogens with zero attached hydrogens (tertiary/aromatic N) is 1. The van der Waals surface area contributed by atoms with Crippen LogP contribution in [0.4, 0.5) is 5.82 Å². The number of aromatic nitrogens is 1. The molecule has 1 fully saturated rings. The molecule has 1 aromatic carbocycles. The summed E-state index contributed by atoms with van der Waals surface area (Å²) in [4.78, 5) is 3.87. The summed E-state index contributed by atoms with van der Waals surface area (Å²) >= 11 is 3.21. The van der Waals surface area contributed by atoms with E-state index in [1.54, 1.807) is 0 Å². The van der Waals surface area contributed by atoms with Gasteiger partial charge in [0.15, 0.2) is 0 Å². The Morgan fingerprint density at radius 1 is 1.29 bits per heavy atom. The number of pyridine rings is 1. The number of rotatable bonds is 4. The summed E-state index contributed by atoms with van der Waals surface area (Å²) in [7, 11) is -3.66. The van der Waals surface area contributed by atoms with Crippen LogP contribution < -0.4 is 10.5 Å². The molecule has 3 N–H and O–H groups in total. The second kappa shape index (κ2) is 5.40. The fourth-order valence-corrected chi connectivity index (χ4v) is 4.18. The van der Waals surface area contributed by atoms with Crippen LogP contribution in [0.5, 0.6) is 0 Å². The van der Waals surface area contributed by atoms with Gasteiger partial charge in [-0.2, -0.15) is 0 Å². The van der Waals surface area contributed by atoms with Crippen molar-refractivity contribution in [3.8, 4) is 0 Å². The van der Waals surface area contributed by atoms with Crippen molar-refractivity contribution >= 4 is 31.8 Å². The van der Waals surface area contributed by atoms with E-state index >= 15 is 0 Å². The molecule has 21 heavy (non-hydrogen) atoms. The molecule has 1 heterocycles. The first kappa shape index (κ1) is 14.5. The highest BCUT2D eigenvalue weighted by Crippen LogP contribution is 2.41. The van der Waals surface area contributed by atoms with Gasteiger partial charge in [-0.25, -0.2) is 18.1 Å². The number of nitrogens with one attached hydrogen (secondary N) is 1. The van der Waals surface area contributed by atoms with Gasteiger partial charge in [0.1, 0.15) is 10.7 Å². The summed E-state index contributed by atoms with van der Waals surface area (Å²) in [5, 5.41) is 0. The minimum absolute atomic E-state index is 0.00242. The number of nitrogen functional groups attached to an aromatic ring is 1. The van der Waals surface area contributed by atoms with Gasteiger partial charge in [-0.15, -0.1) is 0 Å². The Hall–Kier alpha value is -1.44. The monoisotopic (exact) mass is 367 g/mol. The van der Waals surface area contributed by atoms with Gasteiger partial charge in [-0.1, -0.05) is 30.3 Å². The first-order chi connectivity index (χ1) is 9.97. The molecule has 0 saturated heterocycles. The molecule has 0 radical (unpaired) electrons. The van der Waals surface area contributed by atoms with Crippen molar-refractivity contribution < 1.29 is 8.42 Å². The van der Waals surface area contributed by atoms with Gasteiger partial charge in [-0.3, -0.25) is 0 Å². The molecule has 2 unspecified atom stereocenters. The largest absolute Gasteiger partial charge is 0.383 e. The van der Waals surface area contributed by atoms with Crippen molar-refractivity contribution in [1.29, 1.82) is 0 Å². The van der Waals surface area contributed by atoms with Gasteiger partial charge in [0.05, 0.1) is 0 Å². The van der Waals surface area contributed by atoms with E-state index < -0.39 is 10.0 Å². The molecule has 1 aliphatic rings. The summed E-state index contributed by atoms with van der Waals surface area (Å²) in [6.07, 6.45) is 2.27. The van der Waals surface area contributed by atoms with Crippen LogP contribution in [0.1, 0.15) is 17.9 Å². The summed E-state index contributed by atoms with van der Waals surface area (Å²) < 4.78 is 28.0. The maximum absolute atomic E-state index is 12.4. The quantitative estimate of drug-likeness (QED) is 0.867. The Bertz CT molecular complexity index is 765. The fourth-order valence-electron chi connectivity index (χ4n) is 2.30. The third kappa shape index (κ3) is 3.09. The molecule has 110 valence electrons. The lowest BCUT2D eigenvalue weighted by Crippen LogP contribution is -2.27. The number of benzene rings is 1. The molecule has 0 spiro atoms. The highest BCUT2D eigenvalue weighted by atomic mass is 79.9. The average molecular weight is 368 g/mol. The SMILES string of the molecule is Nc1ncc(Br)cc1S(=O)(=O)NC1CC1c1ccccc1. The fraction of sp³-hybridized carbons (Fsp3) is 0.214. The molecular formula is C14H14BrN3O2S. The molecule has 1 aliphatic carbocycles. The van der Waals surface area contributed by atoms with Gasteiger partial charge in [0, 0.05) is 22.6 Å². The molecule has 2 aromatic rings. The molecular weight excluding hydrogens is 354 g/mol. The summed E-state index contributed by atoms with van der Waals surface area (Å²) in [5.41, 5.74) is 6.81. The van der Waals surface area contributed by atoms with E-state index in [9.17, 15) is 8.42 Å². The predicted octanol–water partition coefficient (Wildman–Crippen LogP) is 2.26. The molecule has 0 bridgehead atoms. The van der Waals surface area contributed by atoms with E-state index in [0.29, 0.717) is 4.47 Å². The zero-order chi connectivity index (χ0) is 15.0. The van der Waals surface area contributed by atoms with E-state index in [4.69, 9.17) is 5.73 Å². The van der Waals surface area contributed by atoms with Crippen LogP contribution in [0.2, 0.25) is 0 Å². The number of sulfonamides is 1. The molecule has 7 heteroatoms. The highest BCUT2D eigenvalue weighted by Gasteiger charge is 2.41. The highest BCUT2D eigenvalue weighted by molar-refractivity contribution is 9.10. The van der Waals surface area contributed by atoms with Crippen LogP contribution in [0.25, 0.3) is 0 Å². The second-order valence-electron chi connectivity index (χ2n) is 5.02. The lowest BCUT2D eigenvalue weighted by atomic mass is 10.1. The van der Waals surface area contributed by atoms with E-state index in [0.717, 1.165) is 12.0 Å². The maximum atomic E-state index is 12.4. The Kier molecular flexibility index (Phi) is 3.73. The van der Waals surface area contributed by atoms with E-state index in [1.165, 1.54) is 12.3 Å². The Morgan fingerprint density at radius 3 is 2.71 bits per heavy atom. The van der Waals surface area contributed by atoms with Crippen LogP contribution in [0, 0.1) is 0 Å². The van der Waals surface area contributed by atoms with E-state index in [2.05, 4.69) is 25.6 Å². The number of hydrogen-bond acceptors (Lipinski definition) is 4. The van der Waals surface area contributed by atoms with Gasteiger partial charge in [0.25, 0.3) is 0 Å². The lowest BCUT2D eigenvalue weighted by Gasteiger charge is -2.08. The third-order valence-corrected chi connectivity index (χ3v) is 5.42. The third-order valence-electron chi connectivity index (χ3n) is 3.46. The minimum atomic E-state index is -3.66. The summed E-state index contributed by atoms with van der Waals surface area (Å²) in [5.74, 6) is 0.227. The zero-order valence-electron chi connectivity index (χ0n) is 11.0. The summed E-state index contributed by atoms with van der Waals surface area (Å²) in [6.45, 7) is 0.